The van der Waals surface area contributed by atoms with Crippen LogP contribution in [0.4, 0.5) is 5.69 Å². The summed E-state index contributed by atoms with van der Waals surface area (Å²) in [5.41, 5.74) is 0.0494. The molecule has 2 aliphatic rings. The molecule has 0 bridgehead atoms. The van der Waals surface area contributed by atoms with Gasteiger partial charge in [-0.15, -0.1) is 0 Å². The number of hydrogen-bond acceptors (Lipinski definition) is 4. The predicted octanol–water partition coefficient (Wildman–Crippen LogP) is 2.42. The Kier molecular flexibility index (Phi) is 2.67. The van der Waals surface area contributed by atoms with E-state index >= 15 is 0 Å². The minimum Gasteiger partial charge on any atom is -0.274 e. The van der Waals surface area contributed by atoms with E-state index in [1.54, 1.807) is 12.1 Å². The molecule has 5 nitrogen and oxygen atoms in total. The monoisotopic (exact) mass is 277 g/mol. The van der Waals surface area contributed by atoms with E-state index in [4.69, 9.17) is 11.6 Å². The molecule has 3 rings (SSSR count). The van der Waals surface area contributed by atoms with E-state index in [-0.39, 0.29) is 18.2 Å². The summed E-state index contributed by atoms with van der Waals surface area (Å²) in [6, 6.07) is 7.24. The van der Waals surface area contributed by atoms with Crippen molar-refractivity contribution in [2.75, 3.05) is 4.90 Å². The average Bonchev–Trinajstić information content (AvgIpc) is 2.84. The first-order chi connectivity index (χ1) is 9.02. The molecule has 0 aromatic heterocycles. The summed E-state index contributed by atoms with van der Waals surface area (Å²) in [6.45, 7) is 1.95. The zero-order chi connectivity index (χ0) is 13.6. The third-order valence-corrected chi connectivity index (χ3v) is 3.71. The Morgan fingerprint density at radius 1 is 1.32 bits per heavy atom. The summed E-state index contributed by atoms with van der Waals surface area (Å²) < 4.78 is 0. The number of nitrogens with zero attached hydrogens (tertiary/aromatic N) is 3. The van der Waals surface area contributed by atoms with Gasteiger partial charge >= 0.3 is 0 Å². The molecule has 19 heavy (non-hydrogen) atoms. The summed E-state index contributed by atoms with van der Waals surface area (Å²) in [6.07, 6.45) is 0.341. The van der Waals surface area contributed by atoms with Gasteiger partial charge < -0.3 is 0 Å². The van der Waals surface area contributed by atoms with Crippen LogP contribution < -0.4 is 4.90 Å². The molecule has 2 aliphatic heterocycles. The highest BCUT2D eigenvalue weighted by Crippen LogP contribution is 2.40. The van der Waals surface area contributed by atoms with Gasteiger partial charge in [-0.3, -0.25) is 9.59 Å². The summed E-state index contributed by atoms with van der Waals surface area (Å²) >= 11 is 5.87. The SMILES string of the molecule is Cc1ccc(N2C(=O)C[C@]3(C[C@@H](Cl)N=N3)C2=O)cc1. The van der Waals surface area contributed by atoms with Gasteiger partial charge in [0.05, 0.1) is 12.1 Å². The van der Waals surface area contributed by atoms with Gasteiger partial charge in [0.2, 0.25) is 5.91 Å². The molecule has 2 atom stereocenters. The van der Waals surface area contributed by atoms with E-state index in [1.807, 2.05) is 19.1 Å². The first-order valence-electron chi connectivity index (χ1n) is 6.02. The van der Waals surface area contributed by atoms with E-state index in [9.17, 15) is 9.59 Å². The Hall–Kier alpha value is -1.75. The van der Waals surface area contributed by atoms with Crippen molar-refractivity contribution in [2.24, 2.45) is 10.2 Å². The second-order valence-electron chi connectivity index (χ2n) is 4.93. The molecule has 1 spiro atoms. The minimum absolute atomic E-state index is 0.0480. The number of rotatable bonds is 1. The van der Waals surface area contributed by atoms with Crippen molar-refractivity contribution in [1.29, 1.82) is 0 Å². The molecular formula is C13H12ClN3O2. The van der Waals surface area contributed by atoms with Crippen LogP contribution in [0.5, 0.6) is 0 Å². The number of hydrogen-bond donors (Lipinski definition) is 0. The molecule has 6 heteroatoms. The smallest absolute Gasteiger partial charge is 0.264 e. The molecule has 1 fully saturated rings. The highest BCUT2D eigenvalue weighted by molar-refractivity contribution is 6.26. The van der Waals surface area contributed by atoms with E-state index in [2.05, 4.69) is 10.2 Å². The molecule has 1 aromatic rings. The summed E-state index contributed by atoms with van der Waals surface area (Å²) in [5, 5.41) is 7.74. The Balaban J connectivity index is 1.96. The fraction of sp³-hybridized carbons (Fsp3) is 0.385. The average molecular weight is 278 g/mol. The standard InChI is InChI=1S/C13H12ClN3O2/c1-8-2-4-9(5-3-8)17-11(18)7-13(12(17)19)6-10(14)15-16-13/h2-5,10H,6-7H2,1H3/t10-,13+/m0/s1. The molecule has 0 aliphatic carbocycles. The van der Waals surface area contributed by atoms with Crippen LogP contribution in [0.25, 0.3) is 0 Å². The third-order valence-electron chi connectivity index (χ3n) is 3.47. The lowest BCUT2D eigenvalue weighted by molar-refractivity contribution is -0.122. The van der Waals surface area contributed by atoms with Gasteiger partial charge in [0.15, 0.2) is 5.54 Å². The second-order valence-corrected chi connectivity index (χ2v) is 5.44. The minimum atomic E-state index is -1.08. The van der Waals surface area contributed by atoms with Crippen molar-refractivity contribution < 1.29 is 9.59 Å². The number of anilines is 1. The molecule has 1 aromatic carbocycles. The molecule has 0 saturated carbocycles. The first-order valence-corrected chi connectivity index (χ1v) is 6.46. The number of amides is 2. The van der Waals surface area contributed by atoms with Crippen molar-refractivity contribution >= 4 is 29.1 Å². The predicted molar refractivity (Wildman–Crippen MR) is 70.1 cm³/mol. The molecule has 0 radical (unpaired) electrons. The molecule has 2 heterocycles. The van der Waals surface area contributed by atoms with Crippen LogP contribution in [-0.4, -0.2) is 22.9 Å². The summed E-state index contributed by atoms with van der Waals surface area (Å²) in [5.74, 6) is -0.577. The Labute approximate surface area is 115 Å². The normalized spacial score (nSPS) is 29.8. The van der Waals surface area contributed by atoms with Crippen LogP contribution in [0, 0.1) is 6.92 Å². The highest BCUT2D eigenvalue weighted by atomic mass is 35.5. The van der Waals surface area contributed by atoms with Crippen LogP contribution >= 0.6 is 11.6 Å². The fourth-order valence-corrected chi connectivity index (χ4v) is 2.75. The van der Waals surface area contributed by atoms with Crippen molar-refractivity contribution in [3.05, 3.63) is 29.8 Å². The van der Waals surface area contributed by atoms with Crippen LogP contribution in [0.3, 0.4) is 0 Å². The zero-order valence-corrected chi connectivity index (χ0v) is 11.1. The van der Waals surface area contributed by atoms with Crippen molar-refractivity contribution in [3.63, 3.8) is 0 Å². The van der Waals surface area contributed by atoms with Gasteiger partial charge in [-0.25, -0.2) is 4.90 Å². The fourth-order valence-electron chi connectivity index (χ4n) is 2.45. The van der Waals surface area contributed by atoms with E-state index in [1.165, 1.54) is 4.90 Å². The van der Waals surface area contributed by atoms with E-state index < -0.39 is 11.0 Å². The van der Waals surface area contributed by atoms with Gasteiger partial charge in [-0.05, 0) is 19.1 Å². The van der Waals surface area contributed by atoms with Gasteiger partial charge in [0.25, 0.3) is 5.91 Å². The third kappa shape index (κ3) is 1.85. The number of carbonyl (C=O) groups excluding carboxylic acids is 2. The van der Waals surface area contributed by atoms with Crippen molar-refractivity contribution in [3.8, 4) is 0 Å². The maximum atomic E-state index is 12.5. The number of halogens is 1. The molecule has 0 N–H and O–H groups in total. The topological polar surface area (TPSA) is 62.1 Å². The lowest BCUT2D eigenvalue weighted by Crippen LogP contribution is -2.38. The van der Waals surface area contributed by atoms with Crippen molar-refractivity contribution in [1.82, 2.24) is 0 Å². The Bertz CT molecular complexity index is 584. The number of imide groups is 1. The Morgan fingerprint density at radius 2 is 2.00 bits per heavy atom. The molecule has 2 amide bonds. The van der Waals surface area contributed by atoms with Crippen LogP contribution in [0.1, 0.15) is 18.4 Å². The lowest BCUT2D eigenvalue weighted by Gasteiger charge is -2.18. The molecule has 1 saturated heterocycles. The van der Waals surface area contributed by atoms with Gasteiger partial charge in [-0.1, -0.05) is 29.3 Å². The summed E-state index contributed by atoms with van der Waals surface area (Å²) in [7, 11) is 0. The largest absolute Gasteiger partial charge is 0.274 e. The Morgan fingerprint density at radius 3 is 2.58 bits per heavy atom. The first kappa shape index (κ1) is 12.3. The molecule has 98 valence electrons. The van der Waals surface area contributed by atoms with Gasteiger partial charge in [0.1, 0.15) is 5.50 Å². The number of azo groups is 1. The number of carbonyl (C=O) groups is 2. The van der Waals surface area contributed by atoms with Crippen molar-refractivity contribution in [2.45, 2.75) is 30.8 Å². The van der Waals surface area contributed by atoms with Gasteiger partial charge in [-0.2, -0.15) is 10.2 Å². The maximum absolute atomic E-state index is 12.5. The number of alkyl halides is 1. The summed E-state index contributed by atoms with van der Waals surface area (Å²) in [4.78, 5) is 25.7. The van der Waals surface area contributed by atoms with Crippen LogP contribution in [0.15, 0.2) is 34.5 Å². The van der Waals surface area contributed by atoms with Crippen LogP contribution in [-0.2, 0) is 9.59 Å². The maximum Gasteiger partial charge on any atom is 0.264 e. The van der Waals surface area contributed by atoms with Gasteiger partial charge in [0, 0.05) is 6.42 Å². The highest BCUT2D eigenvalue weighted by Gasteiger charge is 2.55. The lowest BCUT2D eigenvalue weighted by atomic mass is 9.95. The zero-order valence-electron chi connectivity index (χ0n) is 10.3. The van der Waals surface area contributed by atoms with Crippen LogP contribution in [0.2, 0.25) is 0 Å². The van der Waals surface area contributed by atoms with E-state index in [0.717, 1.165) is 5.56 Å². The molecular weight excluding hydrogens is 266 g/mol. The van der Waals surface area contributed by atoms with E-state index in [0.29, 0.717) is 12.1 Å². The number of benzene rings is 1. The quantitative estimate of drug-likeness (QED) is 0.450. The molecule has 0 unspecified atom stereocenters. The number of aryl methyl sites for hydroxylation is 1. The second kappa shape index (κ2) is 4.13.